The van der Waals surface area contributed by atoms with E-state index in [1.165, 1.54) is 0 Å². The first-order chi connectivity index (χ1) is 9.55. The molecule has 1 N–H and O–H groups in total. The fraction of sp³-hybridized carbons (Fsp3) is 0.714. The van der Waals surface area contributed by atoms with Gasteiger partial charge in [0.2, 0.25) is 5.91 Å². The van der Waals surface area contributed by atoms with Gasteiger partial charge in [-0.25, -0.2) is 8.42 Å². The fourth-order valence-electron chi connectivity index (χ4n) is 3.06. The zero-order valence-corrected chi connectivity index (χ0v) is 14.0. The number of nitrogens with zero attached hydrogens (tertiary/aromatic N) is 2. The lowest BCUT2D eigenvalue weighted by molar-refractivity contribution is -0.123. The summed E-state index contributed by atoms with van der Waals surface area (Å²) in [7, 11) is -1.18. The van der Waals surface area contributed by atoms with Crippen LogP contribution in [0, 0.1) is 13.8 Å². The molecule has 0 bridgehead atoms. The lowest BCUT2D eigenvalue weighted by atomic mass is 9.95. The van der Waals surface area contributed by atoms with Gasteiger partial charge in [0, 0.05) is 18.3 Å². The molecule has 0 spiro atoms. The normalized spacial score (nSPS) is 25.8. The molecule has 0 aliphatic carbocycles. The maximum Gasteiger partial charge on any atom is 0.227 e. The van der Waals surface area contributed by atoms with E-state index >= 15 is 0 Å². The van der Waals surface area contributed by atoms with E-state index in [9.17, 15) is 13.2 Å². The van der Waals surface area contributed by atoms with E-state index in [0.717, 1.165) is 17.0 Å². The monoisotopic (exact) mass is 313 g/mol. The Bertz CT molecular complexity index is 678. The minimum atomic E-state index is -3.03. The number of carbonyl (C=O) groups excluding carboxylic acids is 1. The van der Waals surface area contributed by atoms with Crippen molar-refractivity contribution in [2.75, 3.05) is 11.5 Å². The number of sulfone groups is 1. The van der Waals surface area contributed by atoms with Gasteiger partial charge in [0.25, 0.3) is 0 Å². The molecule has 1 aromatic rings. The molecule has 2 heterocycles. The molecule has 2 atom stereocenters. The molecular formula is C14H23N3O3S. The second-order valence-electron chi connectivity index (χ2n) is 6.32. The Morgan fingerprint density at radius 1 is 1.43 bits per heavy atom. The molecule has 118 valence electrons. The Balaban J connectivity index is 2.17. The standard InChI is InChI=1S/C14H23N3O3S/c1-9(12-10(2)16-17(5)11(12)3)13(18)15-14(4)6-7-21(19,20)8-14/h9H,6-8H2,1-5H3,(H,15,18). The largest absolute Gasteiger partial charge is 0.349 e. The molecule has 1 aliphatic rings. The summed E-state index contributed by atoms with van der Waals surface area (Å²) in [4.78, 5) is 12.5. The lowest BCUT2D eigenvalue weighted by Crippen LogP contribution is -2.48. The van der Waals surface area contributed by atoms with Gasteiger partial charge in [-0.3, -0.25) is 9.48 Å². The summed E-state index contributed by atoms with van der Waals surface area (Å²) in [6.45, 7) is 7.44. The quantitative estimate of drug-likeness (QED) is 0.896. The molecular weight excluding hydrogens is 290 g/mol. The van der Waals surface area contributed by atoms with Crippen molar-refractivity contribution in [2.45, 2.75) is 45.6 Å². The highest BCUT2D eigenvalue weighted by Crippen LogP contribution is 2.27. The summed E-state index contributed by atoms with van der Waals surface area (Å²) in [5.41, 5.74) is 2.05. The molecule has 1 amide bonds. The number of hydrogen-bond donors (Lipinski definition) is 1. The molecule has 7 heteroatoms. The topological polar surface area (TPSA) is 81.1 Å². The molecule has 1 saturated heterocycles. The summed E-state index contributed by atoms with van der Waals surface area (Å²) >= 11 is 0. The van der Waals surface area contributed by atoms with Crippen molar-refractivity contribution in [2.24, 2.45) is 7.05 Å². The van der Waals surface area contributed by atoms with E-state index in [1.807, 2.05) is 27.8 Å². The Labute approximate surface area is 125 Å². The van der Waals surface area contributed by atoms with Crippen LogP contribution in [0.5, 0.6) is 0 Å². The van der Waals surface area contributed by atoms with Crippen LogP contribution in [0.15, 0.2) is 0 Å². The van der Waals surface area contributed by atoms with E-state index < -0.39 is 15.4 Å². The van der Waals surface area contributed by atoms with Crippen LogP contribution in [0.2, 0.25) is 0 Å². The van der Waals surface area contributed by atoms with Crippen LogP contribution in [-0.2, 0) is 21.7 Å². The summed E-state index contributed by atoms with van der Waals surface area (Å²) in [5.74, 6) is -0.334. The number of nitrogens with one attached hydrogen (secondary N) is 1. The number of hydrogen-bond acceptors (Lipinski definition) is 4. The van der Waals surface area contributed by atoms with Crippen LogP contribution in [0.3, 0.4) is 0 Å². The van der Waals surface area contributed by atoms with Crippen molar-refractivity contribution in [3.63, 3.8) is 0 Å². The Morgan fingerprint density at radius 3 is 2.48 bits per heavy atom. The Kier molecular flexibility index (Phi) is 3.90. The highest BCUT2D eigenvalue weighted by Gasteiger charge is 2.40. The second kappa shape index (κ2) is 5.12. The first-order valence-corrected chi connectivity index (χ1v) is 8.89. The maximum absolute atomic E-state index is 12.5. The van der Waals surface area contributed by atoms with Crippen molar-refractivity contribution in [3.8, 4) is 0 Å². The molecule has 21 heavy (non-hydrogen) atoms. The highest BCUT2D eigenvalue weighted by atomic mass is 32.2. The van der Waals surface area contributed by atoms with Crippen molar-refractivity contribution in [3.05, 3.63) is 17.0 Å². The predicted molar refractivity (Wildman–Crippen MR) is 80.9 cm³/mol. The van der Waals surface area contributed by atoms with E-state index in [0.29, 0.717) is 6.42 Å². The average Bonchev–Trinajstić information content (AvgIpc) is 2.75. The van der Waals surface area contributed by atoms with Gasteiger partial charge in [0.05, 0.1) is 28.7 Å². The molecule has 2 unspecified atom stereocenters. The molecule has 2 rings (SSSR count). The third-order valence-corrected chi connectivity index (χ3v) is 6.22. The van der Waals surface area contributed by atoms with Gasteiger partial charge in [0.15, 0.2) is 9.84 Å². The van der Waals surface area contributed by atoms with Gasteiger partial charge < -0.3 is 5.32 Å². The van der Waals surface area contributed by atoms with Crippen LogP contribution >= 0.6 is 0 Å². The van der Waals surface area contributed by atoms with Crippen molar-refractivity contribution < 1.29 is 13.2 Å². The third-order valence-electron chi connectivity index (χ3n) is 4.32. The van der Waals surface area contributed by atoms with Crippen molar-refractivity contribution in [1.29, 1.82) is 0 Å². The fourth-order valence-corrected chi connectivity index (χ4v) is 5.16. The number of rotatable bonds is 3. The summed E-state index contributed by atoms with van der Waals surface area (Å²) < 4.78 is 25.0. The van der Waals surface area contributed by atoms with Crippen LogP contribution in [0.4, 0.5) is 0 Å². The van der Waals surface area contributed by atoms with E-state index in [-0.39, 0.29) is 23.3 Å². The smallest absolute Gasteiger partial charge is 0.227 e. The molecule has 1 aromatic heterocycles. The van der Waals surface area contributed by atoms with Gasteiger partial charge in [0.1, 0.15) is 0 Å². The number of aromatic nitrogens is 2. The highest BCUT2D eigenvalue weighted by molar-refractivity contribution is 7.91. The summed E-state index contributed by atoms with van der Waals surface area (Å²) in [6.07, 6.45) is 0.471. The number of carbonyl (C=O) groups is 1. The molecule has 1 fully saturated rings. The summed E-state index contributed by atoms with van der Waals surface area (Å²) in [5, 5.41) is 7.24. The molecule has 1 aliphatic heterocycles. The lowest BCUT2D eigenvalue weighted by Gasteiger charge is -2.26. The average molecular weight is 313 g/mol. The summed E-state index contributed by atoms with van der Waals surface area (Å²) in [6, 6.07) is 0. The zero-order valence-electron chi connectivity index (χ0n) is 13.2. The number of amides is 1. The molecule has 0 saturated carbocycles. The van der Waals surface area contributed by atoms with Crippen LogP contribution < -0.4 is 5.32 Å². The molecule has 0 aromatic carbocycles. The Morgan fingerprint density at radius 2 is 2.05 bits per heavy atom. The van der Waals surface area contributed by atoms with Crippen LogP contribution in [0.25, 0.3) is 0 Å². The Hall–Kier alpha value is -1.37. The van der Waals surface area contributed by atoms with Crippen molar-refractivity contribution in [1.82, 2.24) is 15.1 Å². The maximum atomic E-state index is 12.5. The van der Waals surface area contributed by atoms with E-state index in [2.05, 4.69) is 10.4 Å². The van der Waals surface area contributed by atoms with E-state index in [1.54, 1.807) is 11.6 Å². The van der Waals surface area contributed by atoms with Crippen LogP contribution in [-0.4, -0.2) is 41.2 Å². The van der Waals surface area contributed by atoms with Gasteiger partial charge in [-0.2, -0.15) is 5.10 Å². The molecule has 6 nitrogen and oxygen atoms in total. The SMILES string of the molecule is Cc1nn(C)c(C)c1C(C)C(=O)NC1(C)CCS(=O)(=O)C1. The minimum Gasteiger partial charge on any atom is -0.349 e. The van der Waals surface area contributed by atoms with Crippen LogP contribution in [0.1, 0.15) is 43.1 Å². The van der Waals surface area contributed by atoms with Gasteiger partial charge in [-0.1, -0.05) is 0 Å². The predicted octanol–water partition coefficient (Wildman–Crippen LogP) is 0.834. The second-order valence-corrected chi connectivity index (χ2v) is 8.51. The third kappa shape index (κ3) is 3.12. The first kappa shape index (κ1) is 16.0. The minimum absolute atomic E-state index is 0.0173. The first-order valence-electron chi connectivity index (χ1n) is 7.07. The van der Waals surface area contributed by atoms with Gasteiger partial charge >= 0.3 is 0 Å². The van der Waals surface area contributed by atoms with E-state index in [4.69, 9.17) is 0 Å². The number of aryl methyl sites for hydroxylation is 2. The molecule has 0 radical (unpaired) electrons. The van der Waals surface area contributed by atoms with Crippen molar-refractivity contribution >= 4 is 15.7 Å². The zero-order chi connectivity index (χ0) is 16.0. The van der Waals surface area contributed by atoms with Gasteiger partial charge in [-0.05, 0) is 34.1 Å². The van der Waals surface area contributed by atoms with Gasteiger partial charge in [-0.15, -0.1) is 0 Å².